The highest BCUT2D eigenvalue weighted by Crippen LogP contribution is 2.33. The number of alkyl halides is 2. The third-order valence-electron chi connectivity index (χ3n) is 3.45. The maximum absolute atomic E-state index is 12.4. The van der Waals surface area contributed by atoms with Gasteiger partial charge in [-0.25, -0.2) is 4.98 Å². The molecule has 0 radical (unpaired) electrons. The van der Waals surface area contributed by atoms with E-state index in [-0.39, 0.29) is 11.5 Å². The number of halogens is 2. The van der Waals surface area contributed by atoms with Crippen molar-refractivity contribution in [1.82, 2.24) is 19.7 Å². The van der Waals surface area contributed by atoms with Gasteiger partial charge in [0.25, 0.3) is 0 Å². The molecule has 0 aliphatic heterocycles. The maximum atomic E-state index is 12.4. The third kappa shape index (κ3) is 4.13. The molecule has 3 rings (SSSR count). The number of ether oxygens (including phenoxy) is 2. The lowest BCUT2D eigenvalue weighted by atomic mass is 10.2. The van der Waals surface area contributed by atoms with Crippen LogP contribution in [0.1, 0.15) is 12.8 Å². The predicted octanol–water partition coefficient (Wildman–Crippen LogP) is 3.86. The summed E-state index contributed by atoms with van der Waals surface area (Å²) in [5.41, 5.74) is 0.568. The zero-order valence-corrected chi connectivity index (χ0v) is 14.9. The second kappa shape index (κ2) is 8.17. The number of hydrogen-bond acceptors (Lipinski definition) is 7. The summed E-state index contributed by atoms with van der Waals surface area (Å²) in [5, 5.41) is 4.79. The first-order valence-corrected chi connectivity index (χ1v) is 8.69. The normalized spacial score (nSPS) is 11.1. The maximum Gasteiger partial charge on any atom is 0.387 e. The molecule has 0 N–H and O–H groups in total. The van der Waals surface area contributed by atoms with Crippen molar-refractivity contribution in [2.75, 3.05) is 7.11 Å². The zero-order valence-electron chi connectivity index (χ0n) is 14.1. The molecule has 7 nitrogen and oxygen atoms in total. The van der Waals surface area contributed by atoms with Crippen molar-refractivity contribution < 1.29 is 22.8 Å². The summed E-state index contributed by atoms with van der Waals surface area (Å²) >= 11 is 1.48. The Balaban J connectivity index is 1.73. The molecular formula is C16H16F2N4O3S. The molecule has 0 atom stereocenters. The zero-order chi connectivity index (χ0) is 18.5. The van der Waals surface area contributed by atoms with Crippen molar-refractivity contribution in [2.45, 2.75) is 31.0 Å². The fourth-order valence-electron chi connectivity index (χ4n) is 2.23. The highest BCUT2D eigenvalue weighted by atomic mass is 32.2. The molecule has 26 heavy (non-hydrogen) atoms. The van der Waals surface area contributed by atoms with Crippen LogP contribution in [0.15, 0.2) is 40.3 Å². The van der Waals surface area contributed by atoms with Crippen molar-refractivity contribution >= 4 is 11.8 Å². The van der Waals surface area contributed by atoms with Gasteiger partial charge in [-0.3, -0.25) is 0 Å². The Morgan fingerprint density at radius 3 is 2.88 bits per heavy atom. The second-order valence-corrected chi connectivity index (χ2v) is 5.98. The Hall–Kier alpha value is -2.62. The fraction of sp³-hybridized carbons (Fsp3) is 0.312. The largest absolute Gasteiger partial charge is 0.493 e. The molecule has 138 valence electrons. The van der Waals surface area contributed by atoms with Crippen LogP contribution in [-0.4, -0.2) is 33.4 Å². The molecule has 0 saturated carbocycles. The van der Waals surface area contributed by atoms with Crippen LogP contribution >= 0.6 is 11.8 Å². The van der Waals surface area contributed by atoms with Gasteiger partial charge in [0, 0.05) is 24.5 Å². The van der Waals surface area contributed by atoms with Gasteiger partial charge in [0.2, 0.25) is 11.7 Å². The van der Waals surface area contributed by atoms with Crippen LogP contribution in [-0.2, 0) is 12.3 Å². The van der Waals surface area contributed by atoms with E-state index in [1.807, 2.05) is 17.7 Å². The van der Waals surface area contributed by atoms with Crippen molar-refractivity contribution in [3.63, 3.8) is 0 Å². The molecule has 0 amide bonds. The molecule has 0 aliphatic carbocycles. The molecule has 0 unspecified atom stereocenters. The van der Waals surface area contributed by atoms with Crippen LogP contribution < -0.4 is 9.47 Å². The van der Waals surface area contributed by atoms with Crippen molar-refractivity contribution in [3.8, 4) is 22.9 Å². The Morgan fingerprint density at radius 2 is 2.15 bits per heavy atom. The lowest BCUT2D eigenvalue weighted by Crippen LogP contribution is -2.03. The number of thioether (sulfide) groups is 1. The first-order valence-electron chi connectivity index (χ1n) is 7.70. The molecule has 0 saturated heterocycles. The van der Waals surface area contributed by atoms with Gasteiger partial charge in [0.05, 0.1) is 12.9 Å². The summed E-state index contributed by atoms with van der Waals surface area (Å²) < 4.78 is 41.5. The van der Waals surface area contributed by atoms with Gasteiger partial charge < -0.3 is 18.6 Å². The molecule has 2 heterocycles. The first-order chi connectivity index (χ1) is 12.6. The molecule has 0 spiro atoms. The van der Waals surface area contributed by atoms with E-state index in [0.717, 1.165) is 11.7 Å². The minimum atomic E-state index is -2.93. The molecule has 1 aromatic carbocycles. The summed E-state index contributed by atoms with van der Waals surface area (Å²) in [6, 6.07) is 4.46. The predicted molar refractivity (Wildman–Crippen MR) is 90.4 cm³/mol. The van der Waals surface area contributed by atoms with E-state index in [2.05, 4.69) is 19.9 Å². The number of methoxy groups -OCH3 is 1. The third-order valence-corrected chi connectivity index (χ3v) is 4.44. The SMILES string of the molecule is CCn1ccnc1SCc1nc(-c2ccc(OC(F)F)c(OC)c2)no1. The molecule has 0 fully saturated rings. The number of nitrogens with zero attached hydrogens (tertiary/aromatic N) is 4. The Labute approximate surface area is 152 Å². The van der Waals surface area contributed by atoms with Crippen LogP contribution in [0.3, 0.4) is 0 Å². The molecule has 10 heteroatoms. The number of aromatic nitrogens is 4. The minimum Gasteiger partial charge on any atom is -0.493 e. The van der Waals surface area contributed by atoms with E-state index in [1.165, 1.54) is 31.0 Å². The van der Waals surface area contributed by atoms with Crippen molar-refractivity contribution in [3.05, 3.63) is 36.5 Å². The summed E-state index contributed by atoms with van der Waals surface area (Å²) in [5.74, 6) is 1.34. The van der Waals surface area contributed by atoms with E-state index >= 15 is 0 Å². The van der Waals surface area contributed by atoms with Crippen molar-refractivity contribution in [1.29, 1.82) is 0 Å². The molecule has 0 bridgehead atoms. The number of rotatable bonds is 8. The summed E-state index contributed by atoms with van der Waals surface area (Å²) in [6.45, 7) is -0.0745. The lowest BCUT2D eigenvalue weighted by Gasteiger charge is -2.10. The smallest absolute Gasteiger partial charge is 0.387 e. The van der Waals surface area contributed by atoms with Crippen LogP contribution in [0, 0.1) is 0 Å². The van der Waals surface area contributed by atoms with E-state index in [0.29, 0.717) is 23.0 Å². The molecule has 0 aliphatic rings. The number of aryl methyl sites for hydroxylation is 1. The van der Waals surface area contributed by atoms with Gasteiger partial charge >= 0.3 is 6.61 Å². The standard InChI is InChI=1S/C16H16F2N4O3S/c1-3-22-7-6-19-16(22)26-9-13-20-14(21-25-13)10-4-5-11(24-15(17)18)12(8-10)23-2/h4-8,15H,3,9H2,1-2H3. The van der Waals surface area contributed by atoms with Gasteiger partial charge in [0.1, 0.15) is 0 Å². The van der Waals surface area contributed by atoms with E-state index in [1.54, 1.807) is 12.3 Å². The average molecular weight is 382 g/mol. The van der Waals surface area contributed by atoms with Gasteiger partial charge in [-0.15, -0.1) is 0 Å². The van der Waals surface area contributed by atoms with Gasteiger partial charge in [0.15, 0.2) is 16.7 Å². The molecular weight excluding hydrogens is 366 g/mol. The average Bonchev–Trinajstić information content (AvgIpc) is 3.28. The molecule has 3 aromatic rings. The lowest BCUT2D eigenvalue weighted by molar-refractivity contribution is -0.0512. The van der Waals surface area contributed by atoms with E-state index in [9.17, 15) is 8.78 Å². The monoisotopic (exact) mass is 382 g/mol. The van der Waals surface area contributed by atoms with E-state index in [4.69, 9.17) is 9.26 Å². The first kappa shape index (κ1) is 18.2. The summed E-state index contributed by atoms with van der Waals surface area (Å²) in [6.07, 6.45) is 3.64. The Bertz CT molecular complexity index is 869. The van der Waals surface area contributed by atoms with Gasteiger partial charge in [-0.05, 0) is 25.1 Å². The quantitative estimate of drug-likeness (QED) is 0.548. The van der Waals surface area contributed by atoms with Gasteiger partial charge in [-0.1, -0.05) is 16.9 Å². The van der Waals surface area contributed by atoms with Crippen LogP contribution in [0.5, 0.6) is 11.5 Å². The number of benzene rings is 1. The fourth-order valence-corrected chi connectivity index (χ4v) is 3.09. The highest BCUT2D eigenvalue weighted by molar-refractivity contribution is 7.98. The topological polar surface area (TPSA) is 75.2 Å². The van der Waals surface area contributed by atoms with Gasteiger partial charge in [-0.2, -0.15) is 13.8 Å². The van der Waals surface area contributed by atoms with Crippen LogP contribution in [0.25, 0.3) is 11.4 Å². The highest BCUT2D eigenvalue weighted by Gasteiger charge is 2.15. The summed E-state index contributed by atoms with van der Waals surface area (Å²) in [7, 11) is 1.37. The van der Waals surface area contributed by atoms with Crippen LogP contribution in [0.4, 0.5) is 8.78 Å². The second-order valence-electron chi connectivity index (χ2n) is 5.04. The number of imidazole rings is 1. The molecule has 2 aromatic heterocycles. The number of hydrogen-bond donors (Lipinski definition) is 0. The Morgan fingerprint density at radius 1 is 1.31 bits per heavy atom. The van der Waals surface area contributed by atoms with E-state index < -0.39 is 6.61 Å². The minimum absolute atomic E-state index is 0.0584. The summed E-state index contributed by atoms with van der Waals surface area (Å²) in [4.78, 5) is 8.59. The Kier molecular flexibility index (Phi) is 5.71. The van der Waals surface area contributed by atoms with Crippen LogP contribution in [0.2, 0.25) is 0 Å². The van der Waals surface area contributed by atoms with Crippen molar-refractivity contribution in [2.24, 2.45) is 0 Å².